The summed E-state index contributed by atoms with van der Waals surface area (Å²) in [6.07, 6.45) is -5.13. The van der Waals surface area contributed by atoms with Crippen molar-refractivity contribution >= 4 is 16.8 Å². The number of hydrogen-bond donors (Lipinski definition) is 6. The van der Waals surface area contributed by atoms with Crippen LogP contribution in [0.5, 0.6) is 0 Å². The van der Waals surface area contributed by atoms with Crippen LogP contribution in [0.4, 0.5) is 0 Å². The SMILES string of the molecule is C=CC(O)CC(=NO)SC1OC(CO)C(O)C(O)C1O. The van der Waals surface area contributed by atoms with Crippen molar-refractivity contribution in [1.29, 1.82) is 0 Å². The summed E-state index contributed by atoms with van der Waals surface area (Å²) in [7, 11) is 0. The van der Waals surface area contributed by atoms with Crippen LogP contribution in [0.3, 0.4) is 0 Å². The molecule has 20 heavy (non-hydrogen) atoms. The third kappa shape index (κ3) is 4.16. The van der Waals surface area contributed by atoms with Gasteiger partial charge in [-0.05, 0) is 0 Å². The Kier molecular flexibility index (Phi) is 6.89. The average Bonchev–Trinajstić information content (AvgIpc) is 2.46. The van der Waals surface area contributed by atoms with E-state index in [1.807, 2.05) is 0 Å². The zero-order chi connectivity index (χ0) is 15.3. The maximum atomic E-state index is 9.80. The largest absolute Gasteiger partial charge is 0.410 e. The number of aliphatic hydroxyl groups excluding tert-OH is 5. The van der Waals surface area contributed by atoms with E-state index < -0.39 is 42.6 Å². The van der Waals surface area contributed by atoms with Crippen molar-refractivity contribution in [2.24, 2.45) is 5.16 Å². The van der Waals surface area contributed by atoms with E-state index in [-0.39, 0.29) is 11.5 Å². The van der Waals surface area contributed by atoms with Crippen molar-refractivity contribution in [3.63, 3.8) is 0 Å². The number of nitrogens with zero attached hydrogens (tertiary/aromatic N) is 1. The molecule has 0 amide bonds. The van der Waals surface area contributed by atoms with Gasteiger partial charge in [0.25, 0.3) is 0 Å². The standard InChI is InChI=1S/C11H19NO7S/c1-2-5(14)3-7(12-18)20-11-10(17)9(16)8(15)6(4-13)19-11/h2,5-6,8-11,13-18H,1,3-4H2. The maximum Gasteiger partial charge on any atom is 0.138 e. The maximum absolute atomic E-state index is 9.80. The van der Waals surface area contributed by atoms with E-state index in [0.717, 1.165) is 11.8 Å². The molecule has 0 saturated carbocycles. The Morgan fingerprint density at radius 2 is 1.95 bits per heavy atom. The number of rotatable bonds is 5. The Labute approximate surface area is 120 Å². The van der Waals surface area contributed by atoms with Gasteiger partial charge in [0.15, 0.2) is 0 Å². The van der Waals surface area contributed by atoms with E-state index >= 15 is 0 Å². The molecule has 0 aromatic heterocycles. The molecule has 0 aromatic rings. The smallest absolute Gasteiger partial charge is 0.138 e. The van der Waals surface area contributed by atoms with E-state index in [4.69, 9.17) is 15.1 Å². The highest BCUT2D eigenvalue weighted by atomic mass is 32.2. The molecule has 0 aromatic carbocycles. The molecule has 0 radical (unpaired) electrons. The number of ether oxygens (including phenoxy) is 1. The van der Waals surface area contributed by atoms with Crippen LogP contribution < -0.4 is 0 Å². The van der Waals surface area contributed by atoms with Gasteiger partial charge in [0.05, 0.1) is 12.7 Å². The van der Waals surface area contributed by atoms with Crippen LogP contribution in [0.15, 0.2) is 17.8 Å². The third-order valence-corrected chi connectivity index (χ3v) is 4.01. The van der Waals surface area contributed by atoms with Crippen LogP contribution in [-0.4, -0.2) is 78.3 Å². The third-order valence-electron chi connectivity index (χ3n) is 2.87. The lowest BCUT2D eigenvalue weighted by molar-refractivity contribution is -0.205. The molecule has 8 nitrogen and oxygen atoms in total. The first kappa shape index (κ1) is 17.4. The number of aliphatic hydroxyl groups is 5. The average molecular weight is 309 g/mol. The topological polar surface area (TPSA) is 143 Å². The van der Waals surface area contributed by atoms with Crippen LogP contribution in [-0.2, 0) is 4.74 Å². The van der Waals surface area contributed by atoms with Gasteiger partial charge >= 0.3 is 0 Å². The fourth-order valence-corrected chi connectivity index (χ4v) is 2.75. The monoisotopic (exact) mass is 309 g/mol. The van der Waals surface area contributed by atoms with Crippen LogP contribution in [0, 0.1) is 0 Å². The highest BCUT2D eigenvalue weighted by Crippen LogP contribution is 2.30. The van der Waals surface area contributed by atoms with Gasteiger partial charge in [-0.25, -0.2) is 0 Å². The van der Waals surface area contributed by atoms with Crippen molar-refractivity contribution in [2.45, 2.75) is 42.4 Å². The molecular weight excluding hydrogens is 290 g/mol. The van der Waals surface area contributed by atoms with Crippen molar-refractivity contribution < 1.29 is 35.5 Å². The molecule has 0 aliphatic carbocycles. The minimum atomic E-state index is -1.50. The highest BCUT2D eigenvalue weighted by Gasteiger charge is 2.44. The Hall–Kier alpha value is -0.680. The zero-order valence-electron chi connectivity index (χ0n) is 10.6. The molecule has 1 saturated heterocycles. The molecule has 116 valence electrons. The molecule has 1 aliphatic rings. The second kappa shape index (κ2) is 7.93. The van der Waals surface area contributed by atoms with Gasteiger partial charge < -0.3 is 35.5 Å². The minimum Gasteiger partial charge on any atom is -0.410 e. The lowest BCUT2D eigenvalue weighted by atomic mass is 10.0. The van der Waals surface area contributed by atoms with Crippen molar-refractivity contribution in [2.75, 3.05) is 6.61 Å². The Morgan fingerprint density at radius 3 is 2.45 bits per heavy atom. The van der Waals surface area contributed by atoms with E-state index in [2.05, 4.69) is 11.7 Å². The fraction of sp³-hybridized carbons (Fsp3) is 0.727. The number of hydrogen-bond acceptors (Lipinski definition) is 9. The molecule has 1 fully saturated rings. The van der Waals surface area contributed by atoms with E-state index in [1.165, 1.54) is 6.08 Å². The van der Waals surface area contributed by atoms with Crippen molar-refractivity contribution in [1.82, 2.24) is 0 Å². The minimum absolute atomic E-state index is 0.0420. The molecular formula is C11H19NO7S. The van der Waals surface area contributed by atoms with E-state index in [1.54, 1.807) is 0 Å². The normalized spacial score (nSPS) is 36.6. The predicted octanol–water partition coefficient (Wildman–Crippen LogP) is -1.76. The second-order valence-electron chi connectivity index (χ2n) is 4.32. The first-order valence-electron chi connectivity index (χ1n) is 5.93. The Morgan fingerprint density at radius 1 is 1.30 bits per heavy atom. The summed E-state index contributed by atoms with van der Waals surface area (Å²) in [5.74, 6) is 0. The molecule has 1 aliphatic heterocycles. The molecule has 1 heterocycles. The molecule has 6 unspecified atom stereocenters. The van der Waals surface area contributed by atoms with Gasteiger partial charge in [0, 0.05) is 6.42 Å². The summed E-state index contributed by atoms with van der Waals surface area (Å²) in [6.45, 7) is 2.84. The Bertz CT molecular complexity index is 352. The Balaban J connectivity index is 2.71. The summed E-state index contributed by atoms with van der Waals surface area (Å²) < 4.78 is 5.23. The summed E-state index contributed by atoms with van der Waals surface area (Å²) >= 11 is 0.780. The van der Waals surface area contributed by atoms with Gasteiger partial charge in [-0.15, -0.1) is 6.58 Å². The fourth-order valence-electron chi connectivity index (χ4n) is 1.67. The van der Waals surface area contributed by atoms with Crippen molar-refractivity contribution in [3.8, 4) is 0 Å². The van der Waals surface area contributed by atoms with Crippen LogP contribution in [0.1, 0.15) is 6.42 Å². The molecule has 0 bridgehead atoms. The summed E-state index contributed by atoms with van der Waals surface area (Å²) in [4.78, 5) is 0. The predicted molar refractivity (Wildman–Crippen MR) is 71.4 cm³/mol. The highest BCUT2D eigenvalue weighted by molar-refractivity contribution is 8.14. The van der Waals surface area contributed by atoms with Gasteiger partial charge in [-0.1, -0.05) is 23.0 Å². The van der Waals surface area contributed by atoms with E-state index in [0.29, 0.717) is 0 Å². The molecule has 1 rings (SSSR count). The molecule has 6 atom stereocenters. The first-order valence-corrected chi connectivity index (χ1v) is 6.81. The van der Waals surface area contributed by atoms with Gasteiger partial charge in [0.2, 0.25) is 0 Å². The van der Waals surface area contributed by atoms with Gasteiger partial charge in [0.1, 0.15) is 34.9 Å². The number of thioether (sulfide) groups is 1. The van der Waals surface area contributed by atoms with Crippen molar-refractivity contribution in [3.05, 3.63) is 12.7 Å². The lowest BCUT2D eigenvalue weighted by Gasteiger charge is -2.39. The summed E-state index contributed by atoms with van der Waals surface area (Å²) in [6, 6.07) is 0. The second-order valence-corrected chi connectivity index (χ2v) is 5.49. The van der Waals surface area contributed by atoms with Gasteiger partial charge in [-0.2, -0.15) is 0 Å². The van der Waals surface area contributed by atoms with Crippen LogP contribution in [0.2, 0.25) is 0 Å². The molecule has 0 spiro atoms. The van der Waals surface area contributed by atoms with Crippen LogP contribution >= 0.6 is 11.8 Å². The molecule has 6 N–H and O–H groups in total. The zero-order valence-corrected chi connectivity index (χ0v) is 11.4. The quantitative estimate of drug-likeness (QED) is 0.115. The van der Waals surface area contributed by atoms with Crippen LogP contribution in [0.25, 0.3) is 0 Å². The molecule has 9 heteroatoms. The first-order chi connectivity index (χ1) is 9.44. The summed E-state index contributed by atoms with van der Waals surface area (Å²) in [5.41, 5.74) is -1.05. The summed E-state index contributed by atoms with van der Waals surface area (Å²) in [5, 5.41) is 59.3. The van der Waals surface area contributed by atoms with E-state index in [9.17, 15) is 20.4 Å². The van der Waals surface area contributed by atoms with Gasteiger partial charge in [-0.3, -0.25) is 0 Å². The lowest BCUT2D eigenvalue weighted by Crippen LogP contribution is -2.57. The number of oxime groups is 1.